The van der Waals surface area contributed by atoms with E-state index in [0.717, 1.165) is 9.87 Å². The zero-order valence-corrected chi connectivity index (χ0v) is 27.3. The van der Waals surface area contributed by atoms with Gasteiger partial charge in [0.15, 0.2) is 0 Å². The first kappa shape index (κ1) is 33.5. The van der Waals surface area contributed by atoms with Crippen LogP contribution in [-0.2, 0) is 26.2 Å². The molecular weight excluding hydrogens is 621 g/mol. The summed E-state index contributed by atoms with van der Waals surface area (Å²) in [6.07, 6.45) is 0. The van der Waals surface area contributed by atoms with E-state index >= 15 is 0 Å². The van der Waals surface area contributed by atoms with Gasteiger partial charge in [0.05, 0.1) is 27.7 Å². The van der Waals surface area contributed by atoms with Gasteiger partial charge in [-0.15, -0.1) is 0 Å². The van der Waals surface area contributed by atoms with E-state index < -0.39 is 40.0 Å². The van der Waals surface area contributed by atoms with Crippen molar-refractivity contribution in [2.24, 2.45) is 0 Å². The molecule has 0 unspecified atom stereocenters. The molecule has 0 spiro atoms. The SMILES string of the molecule is COc1ccc(Cl)cc1N(CC(=O)N(Cc1ccc(Cl)c(Cl)c1)[C@@H](C)C(=O)NC(C)(C)C)S(=O)(=O)c1ccc(C)cc1. The van der Waals surface area contributed by atoms with Crippen LogP contribution in [0, 0.1) is 6.92 Å². The van der Waals surface area contributed by atoms with Gasteiger partial charge in [-0.2, -0.15) is 0 Å². The van der Waals surface area contributed by atoms with Gasteiger partial charge in [-0.1, -0.05) is 58.6 Å². The van der Waals surface area contributed by atoms with Crippen LogP contribution < -0.4 is 14.4 Å². The summed E-state index contributed by atoms with van der Waals surface area (Å²) in [7, 11) is -2.91. The highest BCUT2D eigenvalue weighted by molar-refractivity contribution is 7.92. The Balaban J connectivity index is 2.12. The lowest BCUT2D eigenvalue weighted by molar-refractivity contribution is -0.140. The molecule has 0 aliphatic carbocycles. The van der Waals surface area contributed by atoms with Crippen LogP contribution in [0.15, 0.2) is 65.6 Å². The lowest BCUT2D eigenvalue weighted by Crippen LogP contribution is -2.54. The van der Waals surface area contributed by atoms with E-state index in [-0.39, 0.29) is 32.9 Å². The number of nitrogens with one attached hydrogen (secondary N) is 1. The molecule has 226 valence electrons. The van der Waals surface area contributed by atoms with Gasteiger partial charge in [-0.25, -0.2) is 8.42 Å². The molecule has 0 bridgehead atoms. The van der Waals surface area contributed by atoms with E-state index in [1.54, 1.807) is 43.3 Å². The van der Waals surface area contributed by atoms with Gasteiger partial charge in [-0.3, -0.25) is 13.9 Å². The number of carbonyl (C=O) groups excluding carboxylic acids is 2. The van der Waals surface area contributed by atoms with E-state index in [0.29, 0.717) is 10.6 Å². The molecule has 1 N–H and O–H groups in total. The van der Waals surface area contributed by atoms with Crippen molar-refractivity contribution in [3.63, 3.8) is 0 Å². The monoisotopic (exact) mass is 653 g/mol. The maximum absolute atomic E-state index is 14.1. The van der Waals surface area contributed by atoms with Crippen LogP contribution in [-0.4, -0.2) is 50.4 Å². The number of aryl methyl sites for hydroxylation is 1. The molecule has 0 aliphatic heterocycles. The summed E-state index contributed by atoms with van der Waals surface area (Å²) < 4.78 is 34.5. The van der Waals surface area contributed by atoms with Gasteiger partial charge in [-0.05, 0) is 82.6 Å². The summed E-state index contributed by atoms with van der Waals surface area (Å²) in [5, 5.41) is 3.74. The molecule has 3 rings (SSSR count). The Kier molecular flexibility index (Phi) is 10.8. The molecule has 0 fully saturated rings. The Morgan fingerprint density at radius 2 is 1.60 bits per heavy atom. The molecule has 3 aromatic rings. The summed E-state index contributed by atoms with van der Waals surface area (Å²) >= 11 is 18.6. The third kappa shape index (κ3) is 8.31. The average Bonchev–Trinajstić information content (AvgIpc) is 2.91. The Hall–Kier alpha value is -2.98. The van der Waals surface area contributed by atoms with Crippen LogP contribution in [0.2, 0.25) is 15.1 Å². The van der Waals surface area contributed by atoms with Crippen molar-refractivity contribution in [3.05, 3.63) is 86.9 Å². The maximum Gasteiger partial charge on any atom is 0.264 e. The van der Waals surface area contributed by atoms with Crippen molar-refractivity contribution in [2.45, 2.75) is 57.6 Å². The number of benzene rings is 3. The number of nitrogens with zero attached hydrogens (tertiary/aromatic N) is 2. The Labute approximate surface area is 262 Å². The summed E-state index contributed by atoms with van der Waals surface area (Å²) in [5.74, 6) is -0.864. The molecule has 12 heteroatoms. The topological polar surface area (TPSA) is 96.0 Å². The normalized spacial score (nSPS) is 12.4. The minimum atomic E-state index is -4.30. The molecular formula is C30H34Cl3N3O5S. The average molecular weight is 655 g/mol. The van der Waals surface area contributed by atoms with Gasteiger partial charge >= 0.3 is 0 Å². The van der Waals surface area contributed by atoms with E-state index in [2.05, 4.69) is 5.32 Å². The second kappa shape index (κ2) is 13.5. The lowest BCUT2D eigenvalue weighted by atomic mass is 10.1. The summed E-state index contributed by atoms with van der Waals surface area (Å²) in [5.41, 5.74) is 0.962. The van der Waals surface area contributed by atoms with Crippen molar-refractivity contribution >= 4 is 62.3 Å². The summed E-state index contributed by atoms with van der Waals surface area (Å²) in [6.45, 7) is 8.19. The fourth-order valence-corrected chi connectivity index (χ4v) is 6.00. The maximum atomic E-state index is 14.1. The highest BCUT2D eigenvalue weighted by atomic mass is 35.5. The zero-order valence-electron chi connectivity index (χ0n) is 24.2. The minimum absolute atomic E-state index is 0.0301. The van der Waals surface area contributed by atoms with Crippen LogP contribution in [0.4, 0.5) is 5.69 Å². The van der Waals surface area contributed by atoms with Crippen LogP contribution in [0.5, 0.6) is 5.75 Å². The van der Waals surface area contributed by atoms with Gasteiger partial charge in [0.1, 0.15) is 18.3 Å². The second-order valence-corrected chi connectivity index (χ2v) is 13.9. The highest BCUT2D eigenvalue weighted by Gasteiger charge is 2.34. The number of anilines is 1. The number of methoxy groups -OCH3 is 1. The first-order valence-electron chi connectivity index (χ1n) is 13.0. The smallest absolute Gasteiger partial charge is 0.264 e. The van der Waals surface area contributed by atoms with Gasteiger partial charge in [0, 0.05) is 17.1 Å². The number of sulfonamides is 1. The molecule has 0 aliphatic rings. The predicted octanol–water partition coefficient (Wildman–Crippen LogP) is 6.49. The number of amides is 2. The van der Waals surface area contributed by atoms with E-state index in [9.17, 15) is 18.0 Å². The molecule has 3 aromatic carbocycles. The van der Waals surface area contributed by atoms with Crippen LogP contribution in [0.1, 0.15) is 38.8 Å². The quantitative estimate of drug-likeness (QED) is 0.270. The van der Waals surface area contributed by atoms with Crippen molar-refractivity contribution in [2.75, 3.05) is 18.0 Å². The van der Waals surface area contributed by atoms with Crippen LogP contribution in [0.25, 0.3) is 0 Å². The first-order valence-corrected chi connectivity index (χ1v) is 15.6. The number of ether oxygens (including phenoxy) is 1. The van der Waals surface area contributed by atoms with Crippen LogP contribution >= 0.6 is 34.8 Å². The first-order chi connectivity index (χ1) is 19.5. The predicted molar refractivity (Wildman–Crippen MR) is 168 cm³/mol. The number of rotatable bonds is 10. The molecule has 1 atom stereocenters. The van der Waals surface area contributed by atoms with Gasteiger partial charge in [0.2, 0.25) is 11.8 Å². The molecule has 8 nitrogen and oxygen atoms in total. The van der Waals surface area contributed by atoms with E-state index in [1.807, 2.05) is 27.7 Å². The van der Waals surface area contributed by atoms with Crippen LogP contribution in [0.3, 0.4) is 0 Å². The highest BCUT2D eigenvalue weighted by Crippen LogP contribution is 2.35. The van der Waals surface area contributed by atoms with Crippen molar-refractivity contribution in [3.8, 4) is 5.75 Å². The molecule has 2 amide bonds. The van der Waals surface area contributed by atoms with Gasteiger partial charge < -0.3 is 15.0 Å². The van der Waals surface area contributed by atoms with E-state index in [4.69, 9.17) is 39.5 Å². The third-order valence-corrected chi connectivity index (χ3v) is 9.05. The molecule has 0 saturated carbocycles. The fraction of sp³-hybridized carbons (Fsp3) is 0.333. The fourth-order valence-electron chi connectivity index (χ4n) is 4.10. The molecule has 42 heavy (non-hydrogen) atoms. The van der Waals surface area contributed by atoms with E-state index in [1.165, 1.54) is 36.3 Å². The van der Waals surface area contributed by atoms with Crippen molar-refractivity contribution in [1.82, 2.24) is 10.2 Å². The zero-order chi connectivity index (χ0) is 31.4. The summed E-state index contributed by atoms with van der Waals surface area (Å²) in [4.78, 5) is 28.6. The Morgan fingerprint density at radius 3 is 2.17 bits per heavy atom. The number of hydrogen-bond donors (Lipinski definition) is 1. The number of halogens is 3. The molecule has 0 radical (unpaired) electrons. The van der Waals surface area contributed by atoms with Crippen molar-refractivity contribution < 1.29 is 22.7 Å². The lowest BCUT2D eigenvalue weighted by Gasteiger charge is -2.33. The van der Waals surface area contributed by atoms with Crippen molar-refractivity contribution in [1.29, 1.82) is 0 Å². The standard InChI is InChI=1S/C30H34Cl3N3O5S/c1-19-7-11-23(12-8-19)42(39,40)36(26-16-22(31)10-14-27(26)41-6)18-28(37)35(20(2)29(38)34-30(3,4)5)17-21-9-13-24(32)25(33)15-21/h7-16,20H,17-18H2,1-6H3,(H,34,38)/t20-/m0/s1. The molecule has 0 heterocycles. The number of hydrogen-bond acceptors (Lipinski definition) is 5. The summed E-state index contributed by atoms with van der Waals surface area (Å²) in [6, 6.07) is 14.6. The van der Waals surface area contributed by atoms with Gasteiger partial charge in [0.25, 0.3) is 10.0 Å². The second-order valence-electron chi connectivity index (χ2n) is 10.8. The molecule has 0 saturated heterocycles. The Morgan fingerprint density at radius 1 is 0.952 bits per heavy atom. The third-order valence-electron chi connectivity index (χ3n) is 6.30. The Bertz CT molecular complexity index is 1560. The number of carbonyl (C=O) groups is 2. The molecule has 0 aromatic heterocycles. The largest absolute Gasteiger partial charge is 0.495 e. The minimum Gasteiger partial charge on any atom is -0.495 e.